The molecule has 24 heavy (non-hydrogen) atoms. The van der Waals surface area contributed by atoms with Gasteiger partial charge in [-0.25, -0.2) is 0 Å². The molecule has 1 aromatic heterocycles. The van der Waals surface area contributed by atoms with Crippen LogP contribution in [0.4, 0.5) is 0 Å². The number of aromatic nitrogens is 1. The fourth-order valence-corrected chi connectivity index (χ4v) is 5.03. The van der Waals surface area contributed by atoms with Gasteiger partial charge in [0.2, 0.25) is 0 Å². The number of rotatable bonds is 0. The van der Waals surface area contributed by atoms with Gasteiger partial charge < -0.3 is 0 Å². The van der Waals surface area contributed by atoms with Gasteiger partial charge in [0.15, 0.2) is 0 Å². The van der Waals surface area contributed by atoms with Crippen LogP contribution in [0.1, 0.15) is 49.9 Å². The summed E-state index contributed by atoms with van der Waals surface area (Å²) in [5.41, 5.74) is 8.05. The second kappa shape index (κ2) is 4.39. The smallest absolute Gasteiger partial charge is 0.0711 e. The number of fused-ring (bicyclic) bond motifs is 5. The van der Waals surface area contributed by atoms with Crippen LogP contribution >= 0.6 is 0 Å². The monoisotopic (exact) mass is 315 g/mol. The first-order valence-corrected chi connectivity index (χ1v) is 9.16. The lowest BCUT2D eigenvalue weighted by molar-refractivity contribution is 0.392. The van der Waals surface area contributed by atoms with Gasteiger partial charge in [0.1, 0.15) is 0 Å². The van der Waals surface area contributed by atoms with Crippen molar-refractivity contribution in [3.63, 3.8) is 0 Å². The number of hydrogen-bond donors (Lipinski definition) is 0. The average molecular weight is 315 g/mol. The molecular formula is C23H25N. The standard InChI is InChI=1S/C23H25N/c1-22(2)9-14-5-18-13-24-21-8-17-12-23(3,4)11-16(17)7-20(21)19(18)6-15(14)10-22/h5-8,13H,9-12H2,1-4H3. The summed E-state index contributed by atoms with van der Waals surface area (Å²) in [7, 11) is 0. The highest BCUT2D eigenvalue weighted by molar-refractivity contribution is 6.06. The molecule has 0 atom stereocenters. The predicted octanol–water partition coefficient (Wildman–Crippen LogP) is 5.64. The summed E-state index contributed by atoms with van der Waals surface area (Å²) in [6.07, 6.45) is 6.83. The molecule has 0 amide bonds. The Labute approximate surface area is 144 Å². The largest absolute Gasteiger partial charge is 0.256 e. The summed E-state index contributed by atoms with van der Waals surface area (Å²) in [5, 5.41) is 4.04. The molecule has 2 aliphatic carbocycles. The Morgan fingerprint density at radius 1 is 0.667 bits per heavy atom. The lowest BCUT2D eigenvalue weighted by Crippen LogP contribution is -2.09. The highest BCUT2D eigenvalue weighted by Gasteiger charge is 2.30. The van der Waals surface area contributed by atoms with E-state index in [9.17, 15) is 0 Å². The van der Waals surface area contributed by atoms with Crippen LogP contribution in [0, 0.1) is 10.8 Å². The van der Waals surface area contributed by atoms with E-state index in [-0.39, 0.29) is 0 Å². The van der Waals surface area contributed by atoms with Crippen LogP contribution in [0.5, 0.6) is 0 Å². The maximum absolute atomic E-state index is 4.80. The quantitative estimate of drug-likeness (QED) is 0.489. The summed E-state index contributed by atoms with van der Waals surface area (Å²) in [5.74, 6) is 0. The number of hydrogen-bond acceptors (Lipinski definition) is 1. The molecule has 0 aliphatic heterocycles. The Kier molecular flexibility index (Phi) is 2.64. The van der Waals surface area contributed by atoms with E-state index >= 15 is 0 Å². The summed E-state index contributed by atoms with van der Waals surface area (Å²) in [4.78, 5) is 4.80. The zero-order valence-electron chi connectivity index (χ0n) is 15.2. The second-order valence-electron chi connectivity index (χ2n) is 9.64. The SMILES string of the molecule is CC1(C)Cc2cc3cnc4cc5c(cc4c3cc2C1)CC(C)(C)C5. The first-order valence-electron chi connectivity index (χ1n) is 9.16. The van der Waals surface area contributed by atoms with E-state index in [4.69, 9.17) is 4.98 Å². The molecule has 2 aromatic carbocycles. The Bertz CT molecular complexity index is 925. The van der Waals surface area contributed by atoms with Crippen molar-refractivity contribution in [3.8, 4) is 0 Å². The Morgan fingerprint density at radius 3 is 1.79 bits per heavy atom. The molecule has 0 saturated carbocycles. The molecule has 0 fully saturated rings. The molecule has 5 rings (SSSR count). The van der Waals surface area contributed by atoms with Crippen molar-refractivity contribution in [3.05, 3.63) is 52.7 Å². The van der Waals surface area contributed by atoms with Crippen LogP contribution in [-0.2, 0) is 25.7 Å². The van der Waals surface area contributed by atoms with Gasteiger partial charge in [0.05, 0.1) is 5.52 Å². The molecule has 0 radical (unpaired) electrons. The van der Waals surface area contributed by atoms with Gasteiger partial charge in [0, 0.05) is 17.0 Å². The molecule has 0 unspecified atom stereocenters. The van der Waals surface area contributed by atoms with Crippen LogP contribution in [-0.4, -0.2) is 4.98 Å². The highest BCUT2D eigenvalue weighted by atomic mass is 14.7. The van der Waals surface area contributed by atoms with Crippen molar-refractivity contribution >= 4 is 21.7 Å². The first kappa shape index (κ1) is 14.5. The fourth-order valence-electron chi connectivity index (χ4n) is 5.03. The molecule has 122 valence electrons. The van der Waals surface area contributed by atoms with E-state index in [0.717, 1.165) is 5.52 Å². The van der Waals surface area contributed by atoms with Gasteiger partial charge in [-0.2, -0.15) is 0 Å². The van der Waals surface area contributed by atoms with Crippen LogP contribution in [0.15, 0.2) is 30.5 Å². The Balaban J connectivity index is 1.77. The van der Waals surface area contributed by atoms with E-state index < -0.39 is 0 Å². The maximum atomic E-state index is 4.80. The van der Waals surface area contributed by atoms with Gasteiger partial charge in [-0.3, -0.25) is 4.98 Å². The van der Waals surface area contributed by atoms with Crippen molar-refractivity contribution in [1.82, 2.24) is 4.98 Å². The minimum atomic E-state index is 0.390. The summed E-state index contributed by atoms with van der Waals surface area (Å²) >= 11 is 0. The molecular weight excluding hydrogens is 290 g/mol. The minimum Gasteiger partial charge on any atom is -0.256 e. The second-order valence-corrected chi connectivity index (χ2v) is 9.64. The fraction of sp³-hybridized carbons (Fsp3) is 0.435. The lowest BCUT2D eigenvalue weighted by atomic mass is 9.90. The zero-order valence-corrected chi connectivity index (χ0v) is 15.2. The lowest BCUT2D eigenvalue weighted by Gasteiger charge is -2.14. The van der Waals surface area contributed by atoms with E-state index in [1.54, 1.807) is 5.56 Å². The average Bonchev–Trinajstić information content (AvgIpc) is 2.94. The van der Waals surface area contributed by atoms with Crippen LogP contribution in [0.25, 0.3) is 21.7 Å². The Hall–Kier alpha value is -1.89. The normalized spacial score (nSPS) is 20.5. The van der Waals surface area contributed by atoms with Gasteiger partial charge in [-0.05, 0) is 82.4 Å². The van der Waals surface area contributed by atoms with Gasteiger partial charge >= 0.3 is 0 Å². The van der Waals surface area contributed by atoms with E-state index in [1.165, 1.54) is 58.5 Å². The zero-order chi connectivity index (χ0) is 16.7. The van der Waals surface area contributed by atoms with Crippen LogP contribution < -0.4 is 0 Å². The number of benzene rings is 2. The van der Waals surface area contributed by atoms with Crippen molar-refractivity contribution < 1.29 is 0 Å². The molecule has 0 saturated heterocycles. The van der Waals surface area contributed by atoms with Crippen molar-refractivity contribution in [2.24, 2.45) is 10.8 Å². The predicted molar refractivity (Wildman–Crippen MR) is 102 cm³/mol. The van der Waals surface area contributed by atoms with E-state index in [1.807, 2.05) is 0 Å². The summed E-state index contributed by atoms with van der Waals surface area (Å²) in [6.45, 7) is 9.50. The van der Waals surface area contributed by atoms with Gasteiger partial charge in [0.25, 0.3) is 0 Å². The van der Waals surface area contributed by atoms with Crippen molar-refractivity contribution in [2.75, 3.05) is 0 Å². The number of nitrogens with zero attached hydrogens (tertiary/aromatic N) is 1. The van der Waals surface area contributed by atoms with Crippen LogP contribution in [0.3, 0.4) is 0 Å². The highest BCUT2D eigenvalue weighted by Crippen LogP contribution is 2.41. The summed E-state index contributed by atoms with van der Waals surface area (Å²) in [6, 6.07) is 9.62. The summed E-state index contributed by atoms with van der Waals surface area (Å²) < 4.78 is 0. The van der Waals surface area contributed by atoms with E-state index in [2.05, 4.69) is 58.2 Å². The Morgan fingerprint density at radius 2 is 1.17 bits per heavy atom. The van der Waals surface area contributed by atoms with Gasteiger partial charge in [-0.15, -0.1) is 0 Å². The molecule has 3 aromatic rings. The molecule has 1 nitrogen and oxygen atoms in total. The first-order chi connectivity index (χ1) is 11.3. The van der Waals surface area contributed by atoms with Crippen molar-refractivity contribution in [1.29, 1.82) is 0 Å². The molecule has 0 bridgehead atoms. The van der Waals surface area contributed by atoms with Crippen molar-refractivity contribution in [2.45, 2.75) is 53.4 Å². The molecule has 2 aliphatic rings. The van der Waals surface area contributed by atoms with E-state index in [0.29, 0.717) is 10.8 Å². The molecule has 1 heterocycles. The van der Waals surface area contributed by atoms with Crippen LogP contribution in [0.2, 0.25) is 0 Å². The molecule has 0 N–H and O–H groups in total. The topological polar surface area (TPSA) is 12.9 Å². The molecule has 0 spiro atoms. The third-order valence-electron chi connectivity index (χ3n) is 6.00. The third-order valence-corrected chi connectivity index (χ3v) is 6.00. The number of pyridine rings is 1. The molecule has 1 heteroatoms. The third kappa shape index (κ3) is 2.10. The minimum absolute atomic E-state index is 0.390. The van der Waals surface area contributed by atoms with Gasteiger partial charge in [-0.1, -0.05) is 33.8 Å². The maximum Gasteiger partial charge on any atom is 0.0711 e.